The van der Waals surface area contributed by atoms with Crippen molar-refractivity contribution in [3.05, 3.63) is 28.2 Å². The highest BCUT2D eigenvalue weighted by Gasteiger charge is 2.26. The lowest BCUT2D eigenvalue weighted by atomic mass is 9.94. The lowest BCUT2D eigenvalue weighted by molar-refractivity contribution is 0.174. The number of piperidine rings is 1. The van der Waals surface area contributed by atoms with Crippen LogP contribution in [0.15, 0.2) is 18.2 Å². The summed E-state index contributed by atoms with van der Waals surface area (Å²) >= 11 is 11.7. The van der Waals surface area contributed by atoms with E-state index < -0.39 is 0 Å². The topological polar surface area (TPSA) is 58.4 Å². The van der Waals surface area contributed by atoms with Gasteiger partial charge in [0.25, 0.3) is 0 Å². The minimum Gasteiger partial charge on any atom is -0.326 e. The number of likely N-dealkylation sites (tertiary alicyclic amines) is 1. The second-order valence-corrected chi connectivity index (χ2v) is 5.75. The van der Waals surface area contributed by atoms with Crippen LogP contribution in [0.5, 0.6) is 0 Å². The molecule has 2 atom stereocenters. The fraction of sp³-hybridized carbons (Fsp3) is 0.462. The van der Waals surface area contributed by atoms with Crippen LogP contribution in [0, 0.1) is 5.92 Å². The first kappa shape index (κ1) is 14.4. The summed E-state index contributed by atoms with van der Waals surface area (Å²) in [6, 6.07) is 4.89. The molecule has 0 bridgehead atoms. The van der Waals surface area contributed by atoms with Gasteiger partial charge in [0.05, 0.1) is 10.0 Å². The summed E-state index contributed by atoms with van der Waals surface area (Å²) in [5, 5.41) is 3.69. The third-order valence-electron chi connectivity index (χ3n) is 3.47. The second kappa shape index (κ2) is 5.99. The number of benzene rings is 1. The fourth-order valence-electron chi connectivity index (χ4n) is 2.06. The van der Waals surface area contributed by atoms with E-state index in [4.69, 9.17) is 28.9 Å². The standard InChI is InChI=1S/C13H17Cl2N3O/c1-8-4-5-18(7-12(8)16)13(19)17-9-2-3-10(14)11(15)6-9/h2-3,6,8,12H,4-5,7,16H2,1H3,(H,17,19). The van der Waals surface area contributed by atoms with E-state index in [0.29, 0.717) is 28.2 Å². The molecule has 0 radical (unpaired) electrons. The predicted octanol–water partition coefficient (Wildman–Crippen LogP) is 3.19. The number of amides is 2. The minimum absolute atomic E-state index is 0.0355. The molecule has 1 aliphatic rings. The highest BCUT2D eigenvalue weighted by atomic mass is 35.5. The molecule has 1 heterocycles. The van der Waals surface area contributed by atoms with Crippen molar-refractivity contribution >= 4 is 34.9 Å². The molecule has 6 heteroatoms. The number of nitrogens with zero attached hydrogens (tertiary/aromatic N) is 1. The van der Waals surface area contributed by atoms with Gasteiger partial charge in [0.2, 0.25) is 0 Å². The third kappa shape index (κ3) is 3.53. The summed E-state index contributed by atoms with van der Waals surface area (Å²) in [7, 11) is 0. The van der Waals surface area contributed by atoms with E-state index in [1.807, 2.05) is 0 Å². The van der Waals surface area contributed by atoms with Crippen molar-refractivity contribution in [2.45, 2.75) is 19.4 Å². The Morgan fingerprint density at radius 2 is 2.16 bits per heavy atom. The van der Waals surface area contributed by atoms with E-state index in [2.05, 4.69) is 12.2 Å². The number of carbonyl (C=O) groups is 1. The molecular formula is C13H17Cl2N3O. The van der Waals surface area contributed by atoms with Crippen LogP contribution in [-0.2, 0) is 0 Å². The van der Waals surface area contributed by atoms with Crippen LogP contribution in [0.3, 0.4) is 0 Å². The Kier molecular flexibility index (Phi) is 4.55. The quantitative estimate of drug-likeness (QED) is 0.837. The van der Waals surface area contributed by atoms with Crippen molar-refractivity contribution in [3.8, 4) is 0 Å². The van der Waals surface area contributed by atoms with Crippen molar-refractivity contribution < 1.29 is 4.79 Å². The number of hydrogen-bond acceptors (Lipinski definition) is 2. The van der Waals surface area contributed by atoms with Crippen LogP contribution in [0.1, 0.15) is 13.3 Å². The van der Waals surface area contributed by atoms with Gasteiger partial charge < -0.3 is 16.0 Å². The van der Waals surface area contributed by atoms with Gasteiger partial charge in [0.1, 0.15) is 0 Å². The molecule has 2 amide bonds. The monoisotopic (exact) mass is 301 g/mol. The van der Waals surface area contributed by atoms with Crippen molar-refractivity contribution in [3.63, 3.8) is 0 Å². The van der Waals surface area contributed by atoms with Crippen molar-refractivity contribution in [2.75, 3.05) is 18.4 Å². The van der Waals surface area contributed by atoms with Crippen LogP contribution in [0.25, 0.3) is 0 Å². The summed E-state index contributed by atoms with van der Waals surface area (Å²) in [6.45, 7) is 3.41. The maximum atomic E-state index is 12.1. The SMILES string of the molecule is CC1CCN(C(=O)Nc2ccc(Cl)c(Cl)c2)CC1N. The number of nitrogens with two attached hydrogens (primary N) is 1. The summed E-state index contributed by atoms with van der Waals surface area (Å²) in [5.74, 6) is 0.453. The van der Waals surface area contributed by atoms with Gasteiger partial charge in [-0.05, 0) is 30.5 Å². The van der Waals surface area contributed by atoms with Crippen molar-refractivity contribution in [1.29, 1.82) is 0 Å². The summed E-state index contributed by atoms with van der Waals surface area (Å²) in [5.41, 5.74) is 6.61. The second-order valence-electron chi connectivity index (χ2n) is 4.93. The van der Waals surface area contributed by atoms with E-state index >= 15 is 0 Å². The Balaban J connectivity index is 1.99. The molecule has 1 fully saturated rings. The molecule has 0 aliphatic carbocycles. The average molecular weight is 302 g/mol. The van der Waals surface area contributed by atoms with Crippen LogP contribution in [-0.4, -0.2) is 30.1 Å². The largest absolute Gasteiger partial charge is 0.326 e. The predicted molar refractivity (Wildman–Crippen MR) is 78.8 cm³/mol. The smallest absolute Gasteiger partial charge is 0.321 e. The Morgan fingerprint density at radius 1 is 1.42 bits per heavy atom. The molecule has 1 saturated heterocycles. The van der Waals surface area contributed by atoms with Crippen LogP contribution >= 0.6 is 23.2 Å². The zero-order chi connectivity index (χ0) is 14.0. The Bertz CT molecular complexity index is 481. The number of halogens is 2. The Labute approximate surface area is 122 Å². The van der Waals surface area contributed by atoms with E-state index in [9.17, 15) is 4.79 Å². The first-order valence-corrected chi connectivity index (χ1v) is 6.99. The minimum atomic E-state index is -0.152. The van der Waals surface area contributed by atoms with Gasteiger partial charge in [-0.15, -0.1) is 0 Å². The number of carbonyl (C=O) groups excluding carboxylic acids is 1. The molecule has 1 aromatic carbocycles. The number of urea groups is 1. The molecule has 1 aliphatic heterocycles. The molecule has 19 heavy (non-hydrogen) atoms. The number of rotatable bonds is 1. The number of anilines is 1. The first-order chi connectivity index (χ1) is 8.97. The van der Waals surface area contributed by atoms with Gasteiger partial charge in [0, 0.05) is 24.8 Å². The molecule has 4 nitrogen and oxygen atoms in total. The Morgan fingerprint density at radius 3 is 2.79 bits per heavy atom. The molecule has 3 N–H and O–H groups in total. The van der Waals surface area contributed by atoms with E-state index in [1.165, 1.54) is 0 Å². The van der Waals surface area contributed by atoms with Crippen LogP contribution < -0.4 is 11.1 Å². The van der Waals surface area contributed by atoms with Gasteiger partial charge in [-0.3, -0.25) is 0 Å². The number of nitrogens with one attached hydrogen (secondary N) is 1. The van der Waals surface area contributed by atoms with Crippen molar-refractivity contribution in [2.24, 2.45) is 11.7 Å². The molecule has 2 rings (SSSR count). The zero-order valence-corrected chi connectivity index (χ0v) is 12.2. The van der Waals surface area contributed by atoms with E-state index in [-0.39, 0.29) is 12.1 Å². The lowest BCUT2D eigenvalue weighted by Gasteiger charge is -2.35. The zero-order valence-electron chi connectivity index (χ0n) is 10.7. The molecule has 2 unspecified atom stereocenters. The van der Waals surface area contributed by atoms with Gasteiger partial charge in [-0.25, -0.2) is 4.79 Å². The van der Waals surface area contributed by atoms with E-state index in [1.54, 1.807) is 23.1 Å². The maximum Gasteiger partial charge on any atom is 0.321 e. The van der Waals surface area contributed by atoms with Crippen LogP contribution in [0.4, 0.5) is 10.5 Å². The van der Waals surface area contributed by atoms with Gasteiger partial charge in [-0.1, -0.05) is 30.1 Å². The summed E-state index contributed by atoms with van der Waals surface area (Å²) in [6.07, 6.45) is 0.927. The molecule has 104 valence electrons. The lowest BCUT2D eigenvalue weighted by Crippen LogP contribution is -2.50. The molecule has 0 aromatic heterocycles. The van der Waals surface area contributed by atoms with E-state index in [0.717, 1.165) is 13.0 Å². The summed E-state index contributed by atoms with van der Waals surface area (Å²) in [4.78, 5) is 13.8. The third-order valence-corrected chi connectivity index (χ3v) is 4.21. The molecule has 0 saturated carbocycles. The highest BCUT2D eigenvalue weighted by Crippen LogP contribution is 2.25. The van der Waals surface area contributed by atoms with Gasteiger partial charge >= 0.3 is 6.03 Å². The van der Waals surface area contributed by atoms with Crippen molar-refractivity contribution in [1.82, 2.24) is 4.90 Å². The van der Waals surface area contributed by atoms with Gasteiger partial charge in [-0.2, -0.15) is 0 Å². The molecule has 1 aromatic rings. The fourth-order valence-corrected chi connectivity index (χ4v) is 2.36. The molecular weight excluding hydrogens is 285 g/mol. The average Bonchev–Trinajstić information content (AvgIpc) is 2.37. The summed E-state index contributed by atoms with van der Waals surface area (Å²) < 4.78 is 0. The highest BCUT2D eigenvalue weighted by molar-refractivity contribution is 6.42. The van der Waals surface area contributed by atoms with Crippen LogP contribution in [0.2, 0.25) is 10.0 Å². The normalized spacial score (nSPS) is 23.3. The number of hydrogen-bond donors (Lipinski definition) is 2. The Hall–Kier alpha value is -0.970. The van der Waals surface area contributed by atoms with Gasteiger partial charge in [0.15, 0.2) is 0 Å². The first-order valence-electron chi connectivity index (χ1n) is 6.24. The maximum absolute atomic E-state index is 12.1. The molecule has 0 spiro atoms.